The molecular weight excluding hydrogens is 316 g/mol. The van der Waals surface area contributed by atoms with Crippen LogP contribution in [0, 0.1) is 11.6 Å². The maximum Gasteiger partial charge on any atom is 0.264 e. The maximum absolute atomic E-state index is 13.6. The number of anilines is 1. The number of halogens is 2. The minimum atomic E-state index is -4.18. The Labute approximate surface area is 125 Å². The summed E-state index contributed by atoms with van der Waals surface area (Å²) in [6.45, 7) is 0.772. The average molecular weight is 327 g/mol. The van der Waals surface area contributed by atoms with Gasteiger partial charge >= 0.3 is 0 Å². The standard InChI is InChI=1S/C14H11F2NO4S/c15-9-1-4-14(11(16)7-9)22(18,19)17-10-2-3-12-13(8-10)21-6-5-20-12/h1-4,7-8,17H,5-6H2. The first-order valence-electron chi connectivity index (χ1n) is 6.33. The number of benzene rings is 2. The van der Waals surface area contributed by atoms with Gasteiger partial charge in [0.05, 0.1) is 5.69 Å². The number of nitrogens with one attached hydrogen (secondary N) is 1. The molecular formula is C14H11F2NO4S. The lowest BCUT2D eigenvalue weighted by molar-refractivity contribution is 0.171. The van der Waals surface area contributed by atoms with Crippen LogP contribution in [-0.4, -0.2) is 21.6 Å². The summed E-state index contributed by atoms with van der Waals surface area (Å²) in [7, 11) is -4.18. The lowest BCUT2D eigenvalue weighted by Gasteiger charge is -2.19. The summed E-state index contributed by atoms with van der Waals surface area (Å²) < 4.78 is 63.7. The van der Waals surface area contributed by atoms with Gasteiger partial charge in [0.15, 0.2) is 11.5 Å². The van der Waals surface area contributed by atoms with E-state index in [4.69, 9.17) is 9.47 Å². The van der Waals surface area contributed by atoms with Crippen molar-refractivity contribution in [1.29, 1.82) is 0 Å². The van der Waals surface area contributed by atoms with Crippen LogP contribution in [0.2, 0.25) is 0 Å². The molecule has 0 fully saturated rings. The minimum Gasteiger partial charge on any atom is -0.486 e. The Hall–Kier alpha value is -2.35. The Bertz CT molecular complexity index is 824. The highest BCUT2D eigenvalue weighted by Crippen LogP contribution is 2.33. The Morgan fingerprint density at radius 1 is 0.955 bits per heavy atom. The number of rotatable bonds is 3. The van der Waals surface area contributed by atoms with Crippen molar-refractivity contribution >= 4 is 15.7 Å². The first kappa shape index (κ1) is 14.6. The molecule has 1 aliphatic rings. The molecule has 1 aliphatic heterocycles. The van der Waals surface area contributed by atoms with E-state index >= 15 is 0 Å². The number of ether oxygens (including phenoxy) is 2. The molecule has 2 aromatic carbocycles. The fourth-order valence-electron chi connectivity index (χ4n) is 2.01. The molecule has 0 amide bonds. The quantitative estimate of drug-likeness (QED) is 0.941. The topological polar surface area (TPSA) is 64.6 Å². The zero-order valence-corrected chi connectivity index (χ0v) is 12.0. The zero-order chi connectivity index (χ0) is 15.7. The molecule has 3 rings (SSSR count). The fraction of sp³-hybridized carbons (Fsp3) is 0.143. The molecule has 1 N–H and O–H groups in total. The SMILES string of the molecule is O=S(=O)(Nc1ccc2c(c1)OCCO2)c1ccc(F)cc1F. The Kier molecular flexibility index (Phi) is 3.61. The summed E-state index contributed by atoms with van der Waals surface area (Å²) in [5, 5.41) is 0. The Morgan fingerprint density at radius 2 is 1.68 bits per heavy atom. The summed E-state index contributed by atoms with van der Waals surface area (Å²) in [5.41, 5.74) is 0.188. The molecule has 0 aromatic heterocycles. The van der Waals surface area contributed by atoms with E-state index in [0.717, 1.165) is 12.1 Å². The van der Waals surface area contributed by atoms with E-state index in [0.29, 0.717) is 30.8 Å². The molecule has 2 aromatic rings. The fourth-order valence-corrected chi connectivity index (χ4v) is 3.12. The van der Waals surface area contributed by atoms with E-state index in [1.807, 2.05) is 0 Å². The van der Waals surface area contributed by atoms with E-state index in [1.54, 1.807) is 6.07 Å². The van der Waals surface area contributed by atoms with Gasteiger partial charge in [-0.25, -0.2) is 17.2 Å². The van der Waals surface area contributed by atoms with Crippen molar-refractivity contribution in [3.63, 3.8) is 0 Å². The van der Waals surface area contributed by atoms with Crippen LogP contribution in [0.1, 0.15) is 0 Å². The number of sulfonamides is 1. The van der Waals surface area contributed by atoms with Gasteiger partial charge in [-0.2, -0.15) is 0 Å². The van der Waals surface area contributed by atoms with Gasteiger partial charge in [-0.3, -0.25) is 4.72 Å². The van der Waals surface area contributed by atoms with Gasteiger partial charge in [-0.15, -0.1) is 0 Å². The first-order chi connectivity index (χ1) is 10.5. The van der Waals surface area contributed by atoms with Crippen LogP contribution in [0.5, 0.6) is 11.5 Å². The van der Waals surface area contributed by atoms with Crippen LogP contribution in [-0.2, 0) is 10.0 Å². The van der Waals surface area contributed by atoms with Crippen molar-refractivity contribution in [2.75, 3.05) is 17.9 Å². The second kappa shape index (κ2) is 5.45. The van der Waals surface area contributed by atoms with Crippen LogP contribution in [0.25, 0.3) is 0 Å². The van der Waals surface area contributed by atoms with Crippen LogP contribution < -0.4 is 14.2 Å². The van der Waals surface area contributed by atoms with E-state index < -0.39 is 26.6 Å². The van der Waals surface area contributed by atoms with Gasteiger partial charge in [0, 0.05) is 12.1 Å². The predicted octanol–water partition coefficient (Wildman–Crippen LogP) is 2.54. The molecule has 0 unspecified atom stereocenters. The third-order valence-electron chi connectivity index (χ3n) is 2.98. The summed E-state index contributed by atoms with van der Waals surface area (Å²) >= 11 is 0. The van der Waals surface area contributed by atoms with E-state index in [2.05, 4.69) is 4.72 Å². The predicted molar refractivity (Wildman–Crippen MR) is 74.6 cm³/mol. The lowest BCUT2D eigenvalue weighted by atomic mass is 10.3. The van der Waals surface area contributed by atoms with E-state index in [1.165, 1.54) is 12.1 Å². The normalized spacial score (nSPS) is 13.7. The maximum atomic E-state index is 13.6. The van der Waals surface area contributed by atoms with Crippen molar-refractivity contribution in [3.8, 4) is 11.5 Å². The molecule has 0 saturated carbocycles. The molecule has 5 nitrogen and oxygen atoms in total. The van der Waals surface area contributed by atoms with Crippen molar-refractivity contribution in [2.24, 2.45) is 0 Å². The third-order valence-corrected chi connectivity index (χ3v) is 4.39. The summed E-state index contributed by atoms with van der Waals surface area (Å²) in [5.74, 6) is -1.12. The van der Waals surface area contributed by atoms with Gasteiger partial charge in [-0.1, -0.05) is 0 Å². The largest absolute Gasteiger partial charge is 0.486 e. The molecule has 116 valence electrons. The monoisotopic (exact) mass is 327 g/mol. The highest BCUT2D eigenvalue weighted by Gasteiger charge is 2.21. The summed E-state index contributed by atoms with van der Waals surface area (Å²) in [6.07, 6.45) is 0. The van der Waals surface area contributed by atoms with Gasteiger partial charge in [-0.05, 0) is 24.3 Å². The van der Waals surface area contributed by atoms with Crippen LogP contribution in [0.4, 0.5) is 14.5 Å². The first-order valence-corrected chi connectivity index (χ1v) is 7.81. The summed E-state index contributed by atoms with van der Waals surface area (Å²) in [4.78, 5) is -0.635. The van der Waals surface area contributed by atoms with Crippen LogP contribution >= 0.6 is 0 Å². The van der Waals surface area contributed by atoms with E-state index in [9.17, 15) is 17.2 Å². The minimum absolute atomic E-state index is 0.188. The van der Waals surface area contributed by atoms with Crippen molar-refractivity contribution in [3.05, 3.63) is 48.0 Å². The molecule has 0 saturated heterocycles. The molecule has 0 radical (unpaired) electrons. The molecule has 0 spiro atoms. The molecule has 0 aliphatic carbocycles. The summed E-state index contributed by atoms with van der Waals surface area (Å²) in [6, 6.07) is 6.71. The lowest BCUT2D eigenvalue weighted by Crippen LogP contribution is -2.17. The Morgan fingerprint density at radius 3 is 2.41 bits per heavy atom. The molecule has 8 heteroatoms. The van der Waals surface area contributed by atoms with Crippen molar-refractivity contribution < 1.29 is 26.7 Å². The Balaban J connectivity index is 1.91. The number of fused-ring (bicyclic) bond motifs is 1. The average Bonchev–Trinajstić information content (AvgIpc) is 2.46. The van der Waals surface area contributed by atoms with Gasteiger partial charge in [0.1, 0.15) is 29.7 Å². The van der Waals surface area contributed by atoms with Crippen molar-refractivity contribution in [1.82, 2.24) is 0 Å². The number of hydrogen-bond acceptors (Lipinski definition) is 4. The smallest absolute Gasteiger partial charge is 0.264 e. The van der Waals surface area contributed by atoms with Crippen molar-refractivity contribution in [2.45, 2.75) is 4.90 Å². The molecule has 0 atom stereocenters. The molecule has 1 heterocycles. The van der Waals surface area contributed by atoms with Crippen LogP contribution in [0.15, 0.2) is 41.3 Å². The highest BCUT2D eigenvalue weighted by atomic mass is 32.2. The second-order valence-corrected chi connectivity index (χ2v) is 6.19. The van der Waals surface area contributed by atoms with Crippen LogP contribution in [0.3, 0.4) is 0 Å². The van der Waals surface area contributed by atoms with Gasteiger partial charge in [0.2, 0.25) is 0 Å². The van der Waals surface area contributed by atoms with Gasteiger partial charge in [0.25, 0.3) is 10.0 Å². The second-order valence-electron chi connectivity index (χ2n) is 4.54. The zero-order valence-electron chi connectivity index (χ0n) is 11.2. The molecule has 0 bridgehead atoms. The van der Waals surface area contributed by atoms with Gasteiger partial charge < -0.3 is 9.47 Å². The number of hydrogen-bond donors (Lipinski definition) is 1. The molecule has 22 heavy (non-hydrogen) atoms. The third kappa shape index (κ3) is 2.82. The highest BCUT2D eigenvalue weighted by molar-refractivity contribution is 7.92. The van der Waals surface area contributed by atoms with E-state index in [-0.39, 0.29) is 5.69 Å².